The molecule has 0 aromatic carbocycles. The molecule has 15 heavy (non-hydrogen) atoms. The van der Waals surface area contributed by atoms with Crippen LogP contribution in [0.3, 0.4) is 0 Å². The number of sulfone groups is 1. The van der Waals surface area contributed by atoms with Crippen molar-refractivity contribution in [3.05, 3.63) is 17.9 Å². The normalized spacial score (nSPS) is 12.8. The van der Waals surface area contributed by atoms with Gasteiger partial charge in [-0.1, -0.05) is 20.8 Å². The van der Waals surface area contributed by atoms with Crippen LogP contribution in [0.2, 0.25) is 0 Å². The van der Waals surface area contributed by atoms with E-state index in [0.717, 1.165) is 6.26 Å². The van der Waals surface area contributed by atoms with Crippen molar-refractivity contribution in [2.75, 3.05) is 6.26 Å². The van der Waals surface area contributed by atoms with Gasteiger partial charge in [0.2, 0.25) is 20.7 Å². The first kappa shape index (κ1) is 12.0. The molecule has 1 aromatic rings. The molecule has 0 bridgehead atoms. The maximum absolute atomic E-state index is 11.7. The van der Waals surface area contributed by atoms with Crippen LogP contribution in [-0.2, 0) is 9.84 Å². The molecule has 0 N–H and O–H groups in total. The second-order valence-electron chi connectivity index (χ2n) is 4.47. The molecule has 0 spiro atoms. The van der Waals surface area contributed by atoms with Crippen LogP contribution in [0.15, 0.2) is 21.6 Å². The van der Waals surface area contributed by atoms with Gasteiger partial charge in [-0.25, -0.2) is 8.42 Å². The highest BCUT2D eigenvalue weighted by Crippen LogP contribution is 2.23. The van der Waals surface area contributed by atoms with Crippen molar-refractivity contribution in [2.24, 2.45) is 5.41 Å². The zero-order valence-corrected chi connectivity index (χ0v) is 10.0. The highest BCUT2D eigenvalue weighted by molar-refractivity contribution is 7.90. The summed E-state index contributed by atoms with van der Waals surface area (Å²) >= 11 is 0. The van der Waals surface area contributed by atoms with Gasteiger partial charge in [-0.05, 0) is 12.1 Å². The van der Waals surface area contributed by atoms with Gasteiger partial charge >= 0.3 is 0 Å². The summed E-state index contributed by atoms with van der Waals surface area (Å²) in [6.45, 7) is 5.24. The van der Waals surface area contributed by atoms with Crippen molar-refractivity contribution in [3.63, 3.8) is 0 Å². The molecule has 0 unspecified atom stereocenters. The molecule has 0 amide bonds. The highest BCUT2D eigenvalue weighted by Gasteiger charge is 2.26. The SMILES string of the molecule is CC(C)(C)C(=O)c1ccc(S(C)(=O)=O)o1. The Balaban J connectivity index is 3.12. The Bertz CT molecular complexity index is 474. The van der Waals surface area contributed by atoms with E-state index < -0.39 is 15.3 Å². The Labute approximate surface area is 89.2 Å². The average molecular weight is 230 g/mol. The van der Waals surface area contributed by atoms with E-state index in [9.17, 15) is 13.2 Å². The summed E-state index contributed by atoms with van der Waals surface area (Å²) in [5.74, 6) is -0.125. The number of rotatable bonds is 2. The summed E-state index contributed by atoms with van der Waals surface area (Å²) in [5.41, 5.74) is -0.577. The number of furan rings is 1. The molecule has 0 aliphatic rings. The minimum Gasteiger partial charge on any atom is -0.442 e. The van der Waals surface area contributed by atoms with Gasteiger partial charge in [-0.3, -0.25) is 4.79 Å². The molecule has 4 nitrogen and oxygen atoms in total. The van der Waals surface area contributed by atoms with Gasteiger partial charge in [0, 0.05) is 11.7 Å². The summed E-state index contributed by atoms with van der Waals surface area (Å²) in [4.78, 5) is 11.7. The first-order valence-electron chi connectivity index (χ1n) is 4.47. The quantitative estimate of drug-likeness (QED) is 0.728. The fraction of sp³-hybridized carbons (Fsp3) is 0.500. The van der Waals surface area contributed by atoms with E-state index in [1.54, 1.807) is 20.8 Å². The van der Waals surface area contributed by atoms with Crippen molar-refractivity contribution < 1.29 is 17.6 Å². The molecule has 0 aliphatic carbocycles. The summed E-state index contributed by atoms with van der Waals surface area (Å²) in [6.07, 6.45) is 1.04. The third-order valence-electron chi connectivity index (χ3n) is 1.85. The number of carbonyl (C=O) groups excluding carboxylic acids is 1. The Hall–Kier alpha value is -1.10. The van der Waals surface area contributed by atoms with Gasteiger partial charge in [0.15, 0.2) is 5.76 Å². The second-order valence-corrected chi connectivity index (χ2v) is 6.42. The summed E-state index contributed by atoms with van der Waals surface area (Å²) in [6, 6.07) is 2.69. The predicted octanol–water partition coefficient (Wildman–Crippen LogP) is 1.91. The van der Waals surface area contributed by atoms with Crippen LogP contribution in [0.25, 0.3) is 0 Å². The largest absolute Gasteiger partial charge is 0.442 e. The molecule has 0 saturated carbocycles. The third-order valence-corrected chi connectivity index (χ3v) is 2.80. The summed E-state index contributed by atoms with van der Waals surface area (Å²) < 4.78 is 27.2. The molecule has 84 valence electrons. The van der Waals surface area contributed by atoms with Crippen molar-refractivity contribution in [1.29, 1.82) is 0 Å². The second kappa shape index (κ2) is 3.48. The Morgan fingerprint density at radius 3 is 2.13 bits per heavy atom. The fourth-order valence-electron chi connectivity index (χ4n) is 1.01. The first-order chi connectivity index (χ1) is 6.62. The van der Waals surface area contributed by atoms with Crippen LogP contribution in [0.4, 0.5) is 0 Å². The van der Waals surface area contributed by atoms with Crippen molar-refractivity contribution >= 4 is 15.6 Å². The van der Waals surface area contributed by atoms with Crippen molar-refractivity contribution in [1.82, 2.24) is 0 Å². The molecule has 0 radical (unpaired) electrons. The molecule has 0 aliphatic heterocycles. The lowest BCUT2D eigenvalue weighted by molar-refractivity contribution is 0.0823. The van der Waals surface area contributed by atoms with Gasteiger partial charge in [0.05, 0.1) is 0 Å². The van der Waals surface area contributed by atoms with Crippen LogP contribution in [0, 0.1) is 5.41 Å². The van der Waals surface area contributed by atoms with Crippen LogP contribution in [0.1, 0.15) is 31.3 Å². The van der Waals surface area contributed by atoms with Gasteiger partial charge in [-0.15, -0.1) is 0 Å². The van der Waals surface area contributed by atoms with Crippen LogP contribution in [-0.4, -0.2) is 20.5 Å². The standard InChI is InChI=1S/C10H14O4S/c1-10(2,3)9(11)7-5-6-8(14-7)15(4,12)13/h5-6H,1-4H3. The van der Waals surface area contributed by atoms with E-state index in [2.05, 4.69) is 0 Å². The number of Topliss-reactive ketones (excluding diaryl/α,β-unsaturated/α-hetero) is 1. The van der Waals surface area contributed by atoms with E-state index in [1.165, 1.54) is 12.1 Å². The lowest BCUT2D eigenvalue weighted by Gasteiger charge is -2.13. The Morgan fingerprint density at radius 2 is 1.80 bits per heavy atom. The maximum atomic E-state index is 11.7. The van der Waals surface area contributed by atoms with Gasteiger partial charge in [0.1, 0.15) is 0 Å². The first-order valence-corrected chi connectivity index (χ1v) is 6.36. The van der Waals surface area contributed by atoms with E-state index in [0.29, 0.717) is 0 Å². The summed E-state index contributed by atoms with van der Waals surface area (Å²) in [5, 5.41) is -0.171. The minimum absolute atomic E-state index is 0.0860. The molecular formula is C10H14O4S. The highest BCUT2D eigenvalue weighted by atomic mass is 32.2. The monoisotopic (exact) mass is 230 g/mol. The van der Waals surface area contributed by atoms with Gasteiger partial charge in [-0.2, -0.15) is 0 Å². The van der Waals surface area contributed by atoms with E-state index in [4.69, 9.17) is 4.42 Å². The lowest BCUT2D eigenvalue weighted by atomic mass is 9.89. The number of hydrogen-bond acceptors (Lipinski definition) is 4. The van der Waals surface area contributed by atoms with Gasteiger partial charge in [0.25, 0.3) is 0 Å². The molecule has 5 heteroatoms. The number of hydrogen-bond donors (Lipinski definition) is 0. The summed E-state index contributed by atoms with van der Waals surface area (Å²) in [7, 11) is -3.38. The van der Waals surface area contributed by atoms with Crippen LogP contribution in [0.5, 0.6) is 0 Å². The fourth-order valence-corrected chi connectivity index (χ4v) is 1.57. The van der Waals surface area contributed by atoms with Crippen LogP contribution < -0.4 is 0 Å². The van der Waals surface area contributed by atoms with Gasteiger partial charge < -0.3 is 4.42 Å². The molecule has 0 fully saturated rings. The molecule has 1 heterocycles. The number of carbonyl (C=O) groups is 1. The topological polar surface area (TPSA) is 64.3 Å². The van der Waals surface area contributed by atoms with E-state index >= 15 is 0 Å². The number of ketones is 1. The zero-order valence-electron chi connectivity index (χ0n) is 9.20. The third kappa shape index (κ3) is 2.68. The lowest BCUT2D eigenvalue weighted by Crippen LogP contribution is -2.19. The average Bonchev–Trinajstić information content (AvgIpc) is 2.47. The van der Waals surface area contributed by atoms with Crippen molar-refractivity contribution in [3.8, 4) is 0 Å². The van der Waals surface area contributed by atoms with Crippen molar-refractivity contribution in [2.45, 2.75) is 25.9 Å². The van der Waals surface area contributed by atoms with E-state index in [1.807, 2.05) is 0 Å². The van der Waals surface area contributed by atoms with Crippen LogP contribution >= 0.6 is 0 Å². The predicted molar refractivity (Wildman–Crippen MR) is 55.6 cm³/mol. The van der Waals surface area contributed by atoms with E-state index in [-0.39, 0.29) is 16.6 Å². The molecule has 0 saturated heterocycles. The Morgan fingerprint density at radius 1 is 1.27 bits per heavy atom. The smallest absolute Gasteiger partial charge is 0.218 e. The maximum Gasteiger partial charge on any atom is 0.218 e. The molecule has 1 aromatic heterocycles. The minimum atomic E-state index is -3.38. The Kier molecular flexibility index (Phi) is 2.78. The zero-order chi connectivity index (χ0) is 11.9. The molecule has 0 atom stereocenters. The molecular weight excluding hydrogens is 216 g/mol. The molecule has 1 rings (SSSR count).